The van der Waals surface area contributed by atoms with Gasteiger partial charge in [-0.15, -0.1) is 5.10 Å². The Morgan fingerprint density at radius 3 is 2.81 bits per heavy atom. The molecule has 9 heteroatoms. The molecule has 0 unspecified atom stereocenters. The third kappa shape index (κ3) is 4.42. The Morgan fingerprint density at radius 1 is 1.35 bits per heavy atom. The quantitative estimate of drug-likeness (QED) is 0.798. The summed E-state index contributed by atoms with van der Waals surface area (Å²) in [5.41, 5.74) is 1.25. The Balaban J connectivity index is 1.48. The Bertz CT molecular complexity index is 782. The number of methoxy groups -OCH3 is 1. The number of anilines is 1. The summed E-state index contributed by atoms with van der Waals surface area (Å²) >= 11 is 0. The van der Waals surface area contributed by atoms with E-state index in [1.807, 2.05) is 19.1 Å². The van der Waals surface area contributed by atoms with E-state index < -0.39 is 5.97 Å². The van der Waals surface area contributed by atoms with Gasteiger partial charge in [0.25, 0.3) is 0 Å². The number of amides is 1. The summed E-state index contributed by atoms with van der Waals surface area (Å²) in [5, 5.41) is 10.6. The highest BCUT2D eigenvalue weighted by atomic mass is 16.5. The normalized spacial score (nSPS) is 15.6. The van der Waals surface area contributed by atoms with E-state index in [2.05, 4.69) is 30.2 Å². The molecule has 0 bridgehead atoms. The van der Waals surface area contributed by atoms with Crippen molar-refractivity contribution >= 4 is 17.7 Å². The fourth-order valence-corrected chi connectivity index (χ4v) is 2.94. The summed E-state index contributed by atoms with van der Waals surface area (Å²) in [4.78, 5) is 30.2. The van der Waals surface area contributed by atoms with Gasteiger partial charge >= 0.3 is 5.97 Å². The minimum Gasteiger partial charge on any atom is -0.464 e. The van der Waals surface area contributed by atoms with Gasteiger partial charge in [-0.2, -0.15) is 0 Å². The van der Waals surface area contributed by atoms with E-state index in [1.165, 1.54) is 7.11 Å². The molecule has 1 aliphatic heterocycles. The first kappa shape index (κ1) is 18.0. The van der Waals surface area contributed by atoms with E-state index in [0.29, 0.717) is 12.5 Å². The minimum atomic E-state index is -0.503. The highest BCUT2D eigenvalue weighted by molar-refractivity contribution is 5.91. The third-order valence-electron chi connectivity index (χ3n) is 4.40. The minimum absolute atomic E-state index is 0.0106. The topological polar surface area (TPSA) is 102 Å². The van der Waals surface area contributed by atoms with Gasteiger partial charge in [0.05, 0.1) is 20.0 Å². The van der Waals surface area contributed by atoms with Crippen molar-refractivity contribution in [3.05, 3.63) is 35.8 Å². The molecule has 0 aromatic carbocycles. The lowest BCUT2D eigenvalue weighted by atomic mass is 9.96. The number of hydrogen-bond donors (Lipinski definition) is 1. The van der Waals surface area contributed by atoms with E-state index in [1.54, 1.807) is 17.1 Å². The number of likely N-dealkylation sites (tertiary alicyclic amines) is 1. The molecule has 1 saturated heterocycles. The van der Waals surface area contributed by atoms with Gasteiger partial charge in [-0.05, 0) is 37.5 Å². The van der Waals surface area contributed by atoms with E-state index in [-0.39, 0.29) is 17.5 Å². The second-order valence-corrected chi connectivity index (χ2v) is 6.38. The number of pyridine rings is 1. The van der Waals surface area contributed by atoms with Crippen LogP contribution in [0.2, 0.25) is 0 Å². The number of carbonyl (C=O) groups is 2. The van der Waals surface area contributed by atoms with E-state index in [0.717, 1.165) is 31.5 Å². The number of nitrogens with zero attached hydrogens (tertiary/aromatic N) is 5. The lowest BCUT2D eigenvalue weighted by Gasteiger charge is -2.30. The molecule has 0 spiro atoms. The van der Waals surface area contributed by atoms with Crippen LogP contribution < -0.4 is 5.32 Å². The number of aryl methyl sites for hydroxylation is 1. The number of esters is 1. The van der Waals surface area contributed by atoms with Crippen molar-refractivity contribution in [2.75, 3.05) is 25.5 Å². The number of piperidine rings is 1. The fourth-order valence-electron chi connectivity index (χ4n) is 2.94. The van der Waals surface area contributed by atoms with Crippen LogP contribution in [0.25, 0.3) is 0 Å². The van der Waals surface area contributed by atoms with Crippen molar-refractivity contribution in [2.24, 2.45) is 5.92 Å². The maximum Gasteiger partial charge on any atom is 0.360 e. The van der Waals surface area contributed by atoms with Crippen LogP contribution >= 0.6 is 0 Å². The van der Waals surface area contributed by atoms with Crippen LogP contribution in [0.5, 0.6) is 0 Å². The van der Waals surface area contributed by atoms with E-state index in [9.17, 15) is 9.59 Å². The molecule has 0 aliphatic carbocycles. The van der Waals surface area contributed by atoms with Crippen LogP contribution in [0.15, 0.2) is 24.5 Å². The Kier molecular flexibility index (Phi) is 5.57. The molecule has 0 radical (unpaired) electrons. The van der Waals surface area contributed by atoms with Crippen LogP contribution in [-0.4, -0.2) is 57.0 Å². The molecule has 0 saturated carbocycles. The first-order chi connectivity index (χ1) is 12.5. The van der Waals surface area contributed by atoms with Crippen molar-refractivity contribution < 1.29 is 14.3 Å². The number of aromatic nitrogens is 4. The first-order valence-corrected chi connectivity index (χ1v) is 8.49. The summed E-state index contributed by atoms with van der Waals surface area (Å²) in [6.45, 7) is 4.03. The lowest BCUT2D eigenvalue weighted by Crippen LogP contribution is -2.39. The molecule has 3 rings (SSSR count). The van der Waals surface area contributed by atoms with E-state index >= 15 is 0 Å². The second kappa shape index (κ2) is 8.05. The second-order valence-electron chi connectivity index (χ2n) is 6.38. The van der Waals surface area contributed by atoms with Crippen molar-refractivity contribution in [3.8, 4) is 0 Å². The highest BCUT2D eigenvalue weighted by Crippen LogP contribution is 2.19. The van der Waals surface area contributed by atoms with Crippen LogP contribution in [0.3, 0.4) is 0 Å². The third-order valence-corrected chi connectivity index (χ3v) is 4.40. The van der Waals surface area contributed by atoms with E-state index in [4.69, 9.17) is 0 Å². The summed E-state index contributed by atoms with van der Waals surface area (Å²) in [5.74, 6) is 0.0678. The maximum atomic E-state index is 12.4. The van der Waals surface area contributed by atoms with Gasteiger partial charge in [-0.1, -0.05) is 5.21 Å². The molecule has 3 heterocycles. The molecule has 1 fully saturated rings. The first-order valence-electron chi connectivity index (χ1n) is 8.49. The van der Waals surface area contributed by atoms with Crippen LogP contribution in [0, 0.1) is 12.8 Å². The molecule has 9 nitrogen and oxygen atoms in total. The van der Waals surface area contributed by atoms with Crippen LogP contribution in [-0.2, 0) is 16.2 Å². The zero-order valence-electron chi connectivity index (χ0n) is 14.9. The molecule has 26 heavy (non-hydrogen) atoms. The lowest BCUT2D eigenvalue weighted by molar-refractivity contribution is -0.121. The summed E-state index contributed by atoms with van der Waals surface area (Å²) in [6.07, 6.45) is 4.77. The molecule has 2 aromatic heterocycles. The fraction of sp³-hybridized carbons (Fsp3) is 0.471. The molecule has 0 atom stereocenters. The highest BCUT2D eigenvalue weighted by Gasteiger charge is 2.25. The predicted molar refractivity (Wildman–Crippen MR) is 93.3 cm³/mol. The van der Waals surface area contributed by atoms with Crippen molar-refractivity contribution in [3.63, 3.8) is 0 Å². The van der Waals surface area contributed by atoms with Crippen molar-refractivity contribution in [1.29, 1.82) is 0 Å². The standard InChI is InChI=1S/C17H22N6O3/c1-12-3-6-18-15(9-12)19-16(24)13-4-7-22(8-5-13)11-23-10-14(20-21-23)17(25)26-2/h3,6,9-10,13H,4-5,7-8,11H2,1-2H3,(H,18,19,24). The number of rotatable bonds is 5. The monoisotopic (exact) mass is 358 g/mol. The predicted octanol–water partition coefficient (Wildman–Crippen LogP) is 1.08. The van der Waals surface area contributed by atoms with Crippen LogP contribution in [0.1, 0.15) is 28.9 Å². The molecule has 138 valence electrons. The maximum absolute atomic E-state index is 12.4. The summed E-state index contributed by atoms with van der Waals surface area (Å²) in [7, 11) is 1.31. The SMILES string of the molecule is COC(=O)c1cn(CN2CCC(C(=O)Nc3cc(C)ccn3)CC2)nn1. The average Bonchev–Trinajstić information content (AvgIpc) is 3.10. The van der Waals surface area contributed by atoms with Crippen molar-refractivity contribution in [2.45, 2.75) is 26.4 Å². The van der Waals surface area contributed by atoms with Crippen LogP contribution in [0.4, 0.5) is 5.82 Å². The molecule has 2 aromatic rings. The number of carbonyl (C=O) groups excluding carboxylic acids is 2. The zero-order chi connectivity index (χ0) is 18.5. The van der Waals surface area contributed by atoms with Gasteiger partial charge in [0.1, 0.15) is 5.82 Å². The zero-order valence-corrected chi connectivity index (χ0v) is 14.9. The Labute approximate surface area is 151 Å². The van der Waals surface area contributed by atoms with Gasteiger partial charge in [0, 0.05) is 25.2 Å². The Hall–Kier alpha value is -2.81. The molecular weight excluding hydrogens is 336 g/mol. The molecule has 1 aliphatic rings. The van der Waals surface area contributed by atoms with Gasteiger partial charge in [0.15, 0.2) is 5.69 Å². The molecular formula is C17H22N6O3. The summed E-state index contributed by atoms with van der Waals surface area (Å²) < 4.78 is 6.22. The van der Waals surface area contributed by atoms with Gasteiger partial charge < -0.3 is 10.1 Å². The number of hydrogen-bond acceptors (Lipinski definition) is 7. The Morgan fingerprint density at radius 2 is 2.12 bits per heavy atom. The smallest absolute Gasteiger partial charge is 0.360 e. The van der Waals surface area contributed by atoms with Gasteiger partial charge in [-0.3, -0.25) is 9.69 Å². The average molecular weight is 358 g/mol. The van der Waals surface area contributed by atoms with Gasteiger partial charge in [0.2, 0.25) is 5.91 Å². The number of nitrogens with one attached hydrogen (secondary N) is 1. The largest absolute Gasteiger partial charge is 0.464 e. The molecule has 1 N–H and O–H groups in total. The molecule has 1 amide bonds. The van der Waals surface area contributed by atoms with Gasteiger partial charge in [-0.25, -0.2) is 14.5 Å². The number of ether oxygens (including phenoxy) is 1. The van der Waals surface area contributed by atoms with Crippen molar-refractivity contribution in [1.82, 2.24) is 24.9 Å². The summed E-state index contributed by atoms with van der Waals surface area (Å²) in [6, 6.07) is 3.75.